The fourth-order valence-corrected chi connectivity index (χ4v) is 1.93. The second-order valence-corrected chi connectivity index (χ2v) is 5.48. The highest BCUT2D eigenvalue weighted by Crippen LogP contribution is 2.28. The van der Waals surface area contributed by atoms with Crippen LogP contribution in [0.2, 0.25) is 0 Å². The summed E-state index contributed by atoms with van der Waals surface area (Å²) in [7, 11) is 0. The van der Waals surface area contributed by atoms with Gasteiger partial charge in [0.1, 0.15) is 5.75 Å². The van der Waals surface area contributed by atoms with E-state index in [2.05, 4.69) is 50.4 Å². The lowest BCUT2D eigenvalue weighted by Gasteiger charge is -2.16. The van der Waals surface area contributed by atoms with Crippen LogP contribution in [0.4, 0.5) is 0 Å². The minimum Gasteiger partial charge on any atom is -0.491 e. The molecule has 0 bridgehead atoms. The van der Waals surface area contributed by atoms with Crippen LogP contribution in [0.15, 0.2) is 24.3 Å². The summed E-state index contributed by atoms with van der Waals surface area (Å²) >= 11 is 0. The van der Waals surface area contributed by atoms with Crippen LogP contribution in [0.3, 0.4) is 0 Å². The average Bonchev–Trinajstić information content (AvgIpc) is 3.20. The highest BCUT2D eigenvalue weighted by molar-refractivity contribution is 5.29. The first-order valence-corrected chi connectivity index (χ1v) is 7.19. The van der Waals surface area contributed by atoms with Gasteiger partial charge in [-0.25, -0.2) is 0 Å². The summed E-state index contributed by atoms with van der Waals surface area (Å²) in [5, 5.41) is 3.59. The van der Waals surface area contributed by atoms with Gasteiger partial charge in [0.25, 0.3) is 0 Å². The summed E-state index contributed by atoms with van der Waals surface area (Å²) in [4.78, 5) is 0. The molecule has 2 atom stereocenters. The third kappa shape index (κ3) is 4.02. The van der Waals surface area contributed by atoms with Crippen molar-refractivity contribution in [3.63, 3.8) is 0 Å². The lowest BCUT2D eigenvalue weighted by molar-refractivity contribution is 0.217. The van der Waals surface area contributed by atoms with Crippen molar-refractivity contribution in [2.45, 2.75) is 52.2 Å². The molecule has 0 radical (unpaired) electrons. The van der Waals surface area contributed by atoms with E-state index in [1.807, 2.05) is 0 Å². The highest BCUT2D eigenvalue weighted by atomic mass is 16.5. The van der Waals surface area contributed by atoms with Crippen LogP contribution in [-0.4, -0.2) is 12.6 Å². The van der Waals surface area contributed by atoms with Gasteiger partial charge in [-0.1, -0.05) is 19.1 Å². The van der Waals surface area contributed by atoms with Crippen molar-refractivity contribution in [3.05, 3.63) is 29.8 Å². The lowest BCUT2D eigenvalue weighted by atomic mass is 10.1. The zero-order valence-electron chi connectivity index (χ0n) is 11.8. The number of hydrogen-bond donors (Lipinski definition) is 1. The SMILES string of the molecule is CCC(C)Oc1ccc(C(C)NCC2CC2)cc1. The minimum atomic E-state index is 0.293. The van der Waals surface area contributed by atoms with Gasteiger partial charge in [-0.05, 0) is 63.3 Å². The molecule has 0 amide bonds. The molecule has 2 nitrogen and oxygen atoms in total. The molecular weight excluding hydrogens is 222 g/mol. The molecule has 18 heavy (non-hydrogen) atoms. The Morgan fingerprint density at radius 2 is 1.89 bits per heavy atom. The van der Waals surface area contributed by atoms with Crippen molar-refractivity contribution in [1.29, 1.82) is 0 Å². The summed E-state index contributed by atoms with van der Waals surface area (Å²) < 4.78 is 5.79. The topological polar surface area (TPSA) is 21.3 Å². The lowest BCUT2D eigenvalue weighted by Crippen LogP contribution is -2.21. The molecule has 0 saturated heterocycles. The highest BCUT2D eigenvalue weighted by Gasteiger charge is 2.21. The van der Waals surface area contributed by atoms with Gasteiger partial charge < -0.3 is 10.1 Å². The first-order chi connectivity index (χ1) is 8.69. The Hall–Kier alpha value is -1.02. The number of benzene rings is 1. The summed E-state index contributed by atoms with van der Waals surface area (Å²) in [5.41, 5.74) is 1.34. The fourth-order valence-electron chi connectivity index (χ4n) is 1.93. The molecule has 2 heteroatoms. The maximum atomic E-state index is 5.79. The average molecular weight is 247 g/mol. The summed E-state index contributed by atoms with van der Waals surface area (Å²) in [6, 6.07) is 8.93. The molecule has 1 aliphatic carbocycles. The van der Waals surface area contributed by atoms with Crippen LogP contribution in [-0.2, 0) is 0 Å². The molecule has 1 aromatic carbocycles. The molecule has 2 rings (SSSR count). The zero-order valence-corrected chi connectivity index (χ0v) is 11.8. The van der Waals surface area contributed by atoms with Crippen LogP contribution in [0.1, 0.15) is 51.6 Å². The van der Waals surface area contributed by atoms with Gasteiger partial charge in [0.15, 0.2) is 0 Å². The molecule has 0 aliphatic heterocycles. The van der Waals surface area contributed by atoms with Gasteiger partial charge in [-0.3, -0.25) is 0 Å². The number of nitrogens with one attached hydrogen (secondary N) is 1. The Labute approximate surface area is 111 Å². The second-order valence-electron chi connectivity index (χ2n) is 5.48. The van der Waals surface area contributed by atoms with Gasteiger partial charge in [-0.15, -0.1) is 0 Å². The van der Waals surface area contributed by atoms with E-state index in [0.29, 0.717) is 12.1 Å². The Balaban J connectivity index is 1.85. The minimum absolute atomic E-state index is 0.293. The van der Waals surface area contributed by atoms with Crippen LogP contribution in [0, 0.1) is 5.92 Å². The third-order valence-electron chi connectivity index (χ3n) is 3.70. The van der Waals surface area contributed by atoms with E-state index in [1.54, 1.807) is 0 Å². The fraction of sp³-hybridized carbons (Fsp3) is 0.625. The number of rotatable bonds is 7. The Bertz CT molecular complexity index is 356. The van der Waals surface area contributed by atoms with Gasteiger partial charge in [0.2, 0.25) is 0 Å². The van der Waals surface area contributed by atoms with Gasteiger partial charge >= 0.3 is 0 Å². The van der Waals surface area contributed by atoms with E-state index in [1.165, 1.54) is 18.4 Å². The van der Waals surface area contributed by atoms with Crippen molar-refractivity contribution < 1.29 is 4.74 Å². The van der Waals surface area contributed by atoms with E-state index in [0.717, 1.165) is 24.6 Å². The maximum Gasteiger partial charge on any atom is 0.119 e. The first-order valence-electron chi connectivity index (χ1n) is 7.19. The van der Waals surface area contributed by atoms with Crippen molar-refractivity contribution >= 4 is 0 Å². The molecule has 2 unspecified atom stereocenters. The van der Waals surface area contributed by atoms with Gasteiger partial charge in [-0.2, -0.15) is 0 Å². The molecule has 1 aromatic rings. The standard InChI is InChI=1S/C16H25NO/c1-4-12(2)18-16-9-7-15(8-10-16)13(3)17-11-14-5-6-14/h7-10,12-14,17H,4-6,11H2,1-3H3. The van der Waals surface area contributed by atoms with Crippen molar-refractivity contribution in [2.24, 2.45) is 5.92 Å². The molecule has 1 saturated carbocycles. The largest absolute Gasteiger partial charge is 0.491 e. The molecule has 1 fully saturated rings. The predicted octanol–water partition coefficient (Wildman–Crippen LogP) is 3.92. The van der Waals surface area contributed by atoms with Gasteiger partial charge in [0.05, 0.1) is 6.10 Å². The molecule has 100 valence electrons. The van der Waals surface area contributed by atoms with E-state index in [4.69, 9.17) is 4.74 Å². The molecule has 1 aliphatic rings. The summed E-state index contributed by atoms with van der Waals surface area (Å²) in [6.07, 6.45) is 4.14. The van der Waals surface area contributed by atoms with E-state index >= 15 is 0 Å². The predicted molar refractivity (Wildman–Crippen MR) is 76.0 cm³/mol. The monoisotopic (exact) mass is 247 g/mol. The van der Waals surface area contributed by atoms with Crippen LogP contribution in [0.5, 0.6) is 5.75 Å². The smallest absolute Gasteiger partial charge is 0.119 e. The van der Waals surface area contributed by atoms with Gasteiger partial charge in [0, 0.05) is 6.04 Å². The summed E-state index contributed by atoms with van der Waals surface area (Å²) in [6.45, 7) is 7.63. The van der Waals surface area contributed by atoms with E-state index < -0.39 is 0 Å². The Morgan fingerprint density at radius 1 is 1.22 bits per heavy atom. The second kappa shape index (κ2) is 6.24. The summed E-state index contributed by atoms with van der Waals surface area (Å²) in [5.74, 6) is 1.91. The molecule has 0 aromatic heterocycles. The first kappa shape index (κ1) is 13.4. The number of hydrogen-bond acceptors (Lipinski definition) is 2. The quantitative estimate of drug-likeness (QED) is 0.788. The van der Waals surface area contributed by atoms with E-state index in [9.17, 15) is 0 Å². The molecule has 0 heterocycles. The van der Waals surface area contributed by atoms with Crippen LogP contribution >= 0.6 is 0 Å². The van der Waals surface area contributed by atoms with Crippen molar-refractivity contribution in [2.75, 3.05) is 6.54 Å². The third-order valence-corrected chi connectivity index (χ3v) is 3.70. The van der Waals surface area contributed by atoms with Crippen LogP contribution < -0.4 is 10.1 Å². The Morgan fingerprint density at radius 3 is 2.44 bits per heavy atom. The van der Waals surface area contributed by atoms with Crippen LogP contribution in [0.25, 0.3) is 0 Å². The van der Waals surface area contributed by atoms with E-state index in [-0.39, 0.29) is 0 Å². The Kier molecular flexibility index (Phi) is 4.65. The zero-order chi connectivity index (χ0) is 13.0. The molecule has 1 N–H and O–H groups in total. The normalized spacial score (nSPS) is 18.4. The number of ether oxygens (including phenoxy) is 1. The molecule has 0 spiro atoms. The molecular formula is C16H25NO. The maximum absolute atomic E-state index is 5.79. The van der Waals surface area contributed by atoms with Crippen molar-refractivity contribution in [1.82, 2.24) is 5.32 Å². The van der Waals surface area contributed by atoms with Crippen molar-refractivity contribution in [3.8, 4) is 5.75 Å².